The minimum Gasteiger partial charge on any atom is -0.300 e. The highest BCUT2D eigenvalue weighted by atomic mass is 31.2. The molecule has 0 aliphatic carbocycles. The van der Waals surface area contributed by atoms with Gasteiger partial charge in [-0.05, 0) is 39.3 Å². The van der Waals surface area contributed by atoms with Crippen molar-refractivity contribution in [3.05, 3.63) is 42.0 Å². The Labute approximate surface area is 120 Å². The molecular weight excluding hydrogens is 275 g/mol. The second-order valence-corrected chi connectivity index (χ2v) is 6.75. The molecule has 0 saturated carbocycles. The molecule has 1 aromatic carbocycles. The van der Waals surface area contributed by atoms with Crippen molar-refractivity contribution in [1.82, 2.24) is 0 Å². The maximum absolute atomic E-state index is 12.5. The van der Waals surface area contributed by atoms with Gasteiger partial charge in [0.05, 0.1) is 12.2 Å². The van der Waals surface area contributed by atoms with Gasteiger partial charge in [-0.2, -0.15) is 0 Å². The summed E-state index contributed by atoms with van der Waals surface area (Å²) < 4.78 is 23.0. The van der Waals surface area contributed by atoms with Crippen molar-refractivity contribution in [2.24, 2.45) is 0 Å². The van der Waals surface area contributed by atoms with E-state index in [9.17, 15) is 9.36 Å². The van der Waals surface area contributed by atoms with E-state index in [-0.39, 0.29) is 12.2 Å². The molecule has 20 heavy (non-hydrogen) atoms. The van der Waals surface area contributed by atoms with E-state index in [4.69, 9.17) is 9.05 Å². The summed E-state index contributed by atoms with van der Waals surface area (Å²) in [5.41, 5.74) is 0.213. The third-order valence-corrected chi connectivity index (χ3v) is 4.27. The average molecular weight is 296 g/mol. The van der Waals surface area contributed by atoms with Gasteiger partial charge in [0.2, 0.25) is 0 Å². The fraction of sp³-hybridized carbons (Fsp3) is 0.400. The van der Waals surface area contributed by atoms with Gasteiger partial charge in [0.25, 0.3) is 5.52 Å². The van der Waals surface area contributed by atoms with Crippen LogP contribution in [0.1, 0.15) is 33.3 Å². The lowest BCUT2D eigenvalue weighted by molar-refractivity contribution is -0.110. The van der Waals surface area contributed by atoms with Gasteiger partial charge in [-0.25, -0.2) is 0 Å². The number of rotatable bonds is 7. The van der Waals surface area contributed by atoms with Crippen molar-refractivity contribution in [3.8, 4) is 0 Å². The van der Waals surface area contributed by atoms with Gasteiger partial charge < -0.3 is 9.05 Å². The maximum atomic E-state index is 12.5. The van der Waals surface area contributed by atoms with Gasteiger partial charge in [-0.1, -0.05) is 36.4 Å². The molecule has 0 aliphatic rings. The monoisotopic (exact) mass is 296 g/mol. The molecule has 0 unspecified atom stereocenters. The second-order valence-electron chi connectivity index (χ2n) is 4.89. The normalized spacial score (nSPS) is 12.5. The quantitative estimate of drug-likeness (QED) is 0.557. The highest BCUT2D eigenvalue weighted by molar-refractivity contribution is 7.72. The first kappa shape index (κ1) is 16.8. The molecular formula is C15H21O4P. The number of benzene rings is 1. The number of allylic oxidation sites excluding steroid dienone is 1. The van der Waals surface area contributed by atoms with Gasteiger partial charge in [-0.3, -0.25) is 9.36 Å². The van der Waals surface area contributed by atoms with Gasteiger partial charge in [0, 0.05) is 0 Å². The van der Waals surface area contributed by atoms with Crippen molar-refractivity contribution in [2.45, 2.75) is 39.9 Å². The van der Waals surface area contributed by atoms with Gasteiger partial charge in [-0.15, -0.1) is 0 Å². The van der Waals surface area contributed by atoms with Crippen LogP contribution in [-0.2, 0) is 18.4 Å². The van der Waals surface area contributed by atoms with E-state index in [1.807, 2.05) is 30.3 Å². The van der Waals surface area contributed by atoms with Crippen molar-refractivity contribution < 1.29 is 18.4 Å². The van der Waals surface area contributed by atoms with Crippen LogP contribution in [0, 0.1) is 0 Å². The van der Waals surface area contributed by atoms with Gasteiger partial charge >= 0.3 is 7.60 Å². The summed E-state index contributed by atoms with van der Waals surface area (Å²) in [7, 11) is -3.79. The maximum Gasteiger partial charge on any atom is 0.401 e. The lowest BCUT2D eigenvalue weighted by Crippen LogP contribution is -2.12. The van der Waals surface area contributed by atoms with Crippen molar-refractivity contribution in [3.63, 3.8) is 0 Å². The van der Waals surface area contributed by atoms with Crippen LogP contribution < -0.4 is 0 Å². The molecule has 0 atom stereocenters. The third kappa shape index (κ3) is 5.41. The van der Waals surface area contributed by atoms with Crippen LogP contribution >= 0.6 is 7.60 Å². The Hall–Kier alpha value is -1.22. The number of carbonyl (C=O) groups is 1. The second kappa shape index (κ2) is 7.53. The Morgan fingerprint density at radius 1 is 1.05 bits per heavy atom. The van der Waals surface area contributed by atoms with Crippen LogP contribution in [0.3, 0.4) is 0 Å². The minimum absolute atomic E-state index is 0.353. The Morgan fingerprint density at radius 3 is 2.00 bits per heavy atom. The topological polar surface area (TPSA) is 52.6 Å². The molecule has 0 heterocycles. The zero-order chi connectivity index (χ0) is 15.2. The third-order valence-electron chi connectivity index (χ3n) is 2.19. The summed E-state index contributed by atoms with van der Waals surface area (Å²) in [6, 6.07) is 9.30. The first-order chi connectivity index (χ1) is 9.33. The lowest BCUT2D eigenvalue weighted by Gasteiger charge is -2.20. The summed E-state index contributed by atoms with van der Waals surface area (Å²) in [5, 5.41) is 0. The molecule has 110 valence electrons. The molecule has 0 N–H and O–H groups in total. The molecule has 0 aromatic heterocycles. The molecule has 0 spiro atoms. The van der Waals surface area contributed by atoms with Crippen LogP contribution in [0.15, 0.2) is 36.4 Å². The standard InChI is InChI=1S/C15H21O4P/c1-12(2)18-20(17,19-13(3)4)15(16)11-10-14-8-6-5-7-9-14/h5-13H,1-4H3. The molecule has 0 aliphatic heterocycles. The SMILES string of the molecule is CC(C)OP(=O)(OC(C)C)C(=O)C=Cc1ccccc1. The van der Waals surface area contributed by atoms with Crippen LogP contribution in [-0.4, -0.2) is 17.7 Å². The fourth-order valence-corrected chi connectivity index (χ4v) is 3.13. The predicted molar refractivity (Wildman–Crippen MR) is 80.5 cm³/mol. The number of hydrogen-bond acceptors (Lipinski definition) is 4. The first-order valence-electron chi connectivity index (χ1n) is 6.58. The van der Waals surface area contributed by atoms with Crippen molar-refractivity contribution >= 4 is 19.2 Å². The molecule has 0 amide bonds. The van der Waals surface area contributed by atoms with Crippen LogP contribution in [0.2, 0.25) is 0 Å². The van der Waals surface area contributed by atoms with Gasteiger partial charge in [0.1, 0.15) is 0 Å². The smallest absolute Gasteiger partial charge is 0.300 e. The highest BCUT2D eigenvalue weighted by Gasteiger charge is 2.35. The van der Waals surface area contributed by atoms with Crippen LogP contribution in [0.25, 0.3) is 6.08 Å². The Morgan fingerprint density at radius 2 is 1.55 bits per heavy atom. The summed E-state index contributed by atoms with van der Waals surface area (Å²) in [6.07, 6.45) is 2.14. The molecule has 0 radical (unpaired) electrons. The van der Waals surface area contributed by atoms with Crippen molar-refractivity contribution in [2.75, 3.05) is 0 Å². The van der Waals surface area contributed by atoms with E-state index in [1.165, 1.54) is 6.08 Å². The molecule has 4 nitrogen and oxygen atoms in total. The molecule has 1 rings (SSSR count). The molecule has 0 saturated heterocycles. The average Bonchev–Trinajstić information content (AvgIpc) is 2.35. The van der Waals surface area contributed by atoms with E-state index in [1.54, 1.807) is 33.8 Å². The molecule has 0 fully saturated rings. The lowest BCUT2D eigenvalue weighted by atomic mass is 10.2. The minimum atomic E-state index is -3.79. The fourth-order valence-electron chi connectivity index (χ4n) is 1.51. The van der Waals surface area contributed by atoms with E-state index < -0.39 is 13.1 Å². The largest absolute Gasteiger partial charge is 0.401 e. The van der Waals surface area contributed by atoms with E-state index in [2.05, 4.69) is 0 Å². The molecule has 5 heteroatoms. The van der Waals surface area contributed by atoms with E-state index >= 15 is 0 Å². The molecule has 0 bridgehead atoms. The zero-order valence-electron chi connectivity index (χ0n) is 12.3. The molecule has 1 aromatic rings. The highest BCUT2D eigenvalue weighted by Crippen LogP contribution is 2.51. The Balaban J connectivity index is 2.88. The summed E-state index contributed by atoms with van der Waals surface area (Å²) in [5.74, 6) is 0. The number of hydrogen-bond donors (Lipinski definition) is 0. The first-order valence-corrected chi connectivity index (χ1v) is 8.12. The van der Waals surface area contributed by atoms with Crippen LogP contribution in [0.4, 0.5) is 0 Å². The van der Waals surface area contributed by atoms with Crippen LogP contribution in [0.5, 0.6) is 0 Å². The predicted octanol–water partition coefficient (Wildman–Crippen LogP) is 4.27. The van der Waals surface area contributed by atoms with E-state index in [0.29, 0.717) is 0 Å². The Bertz CT molecular complexity index is 492. The van der Waals surface area contributed by atoms with E-state index in [0.717, 1.165) is 5.56 Å². The summed E-state index contributed by atoms with van der Waals surface area (Å²) in [6.45, 7) is 6.85. The zero-order valence-corrected chi connectivity index (χ0v) is 13.2. The summed E-state index contributed by atoms with van der Waals surface area (Å²) >= 11 is 0. The Kier molecular flexibility index (Phi) is 6.34. The van der Waals surface area contributed by atoms with Crippen molar-refractivity contribution in [1.29, 1.82) is 0 Å². The number of carbonyl (C=O) groups excluding carboxylic acids is 1. The summed E-state index contributed by atoms with van der Waals surface area (Å²) in [4.78, 5) is 12.1. The van der Waals surface area contributed by atoms with Gasteiger partial charge in [0.15, 0.2) is 0 Å².